The van der Waals surface area contributed by atoms with E-state index in [0.717, 1.165) is 6.07 Å². The standard InChI is InChI=1S/C10H7F3O4/c11-6-1-5(2-9(15)16)7(4-14)8(3-6)17-10(12)13/h1,3-4,10H,2H2,(H,15,16). The van der Waals surface area contributed by atoms with Crippen LogP contribution in [0.1, 0.15) is 15.9 Å². The van der Waals surface area contributed by atoms with Gasteiger partial charge in [-0.25, -0.2) is 4.39 Å². The first kappa shape index (κ1) is 13.0. The molecule has 1 aromatic rings. The van der Waals surface area contributed by atoms with Crippen molar-refractivity contribution >= 4 is 12.3 Å². The summed E-state index contributed by atoms with van der Waals surface area (Å²) in [4.78, 5) is 21.1. The minimum atomic E-state index is -3.23. The number of halogens is 3. The summed E-state index contributed by atoms with van der Waals surface area (Å²) in [6.07, 6.45) is -0.513. The van der Waals surface area contributed by atoms with Crippen LogP contribution in [0.3, 0.4) is 0 Å². The fraction of sp³-hybridized carbons (Fsp3) is 0.200. The van der Waals surface area contributed by atoms with Gasteiger partial charge in [-0.2, -0.15) is 8.78 Å². The Morgan fingerprint density at radius 1 is 1.47 bits per heavy atom. The summed E-state index contributed by atoms with van der Waals surface area (Å²) in [6.45, 7) is -3.23. The fourth-order valence-electron chi connectivity index (χ4n) is 1.28. The van der Waals surface area contributed by atoms with Gasteiger partial charge in [-0.15, -0.1) is 0 Å². The Kier molecular flexibility index (Phi) is 4.08. The fourth-order valence-corrected chi connectivity index (χ4v) is 1.28. The quantitative estimate of drug-likeness (QED) is 0.808. The zero-order chi connectivity index (χ0) is 13.0. The van der Waals surface area contributed by atoms with Crippen molar-refractivity contribution < 1.29 is 32.6 Å². The average Bonchev–Trinajstić information content (AvgIpc) is 2.14. The normalized spacial score (nSPS) is 10.4. The van der Waals surface area contributed by atoms with Gasteiger partial charge in [-0.1, -0.05) is 0 Å². The number of rotatable bonds is 5. The average molecular weight is 248 g/mol. The van der Waals surface area contributed by atoms with Crippen molar-refractivity contribution in [3.05, 3.63) is 29.1 Å². The second-order valence-electron chi connectivity index (χ2n) is 3.04. The van der Waals surface area contributed by atoms with Gasteiger partial charge < -0.3 is 9.84 Å². The van der Waals surface area contributed by atoms with E-state index in [-0.39, 0.29) is 11.8 Å². The summed E-state index contributed by atoms with van der Waals surface area (Å²) < 4.78 is 40.9. The van der Waals surface area contributed by atoms with Gasteiger partial charge in [-0.05, 0) is 11.6 Å². The first-order valence-corrected chi connectivity index (χ1v) is 4.38. The number of hydrogen-bond donors (Lipinski definition) is 1. The number of ether oxygens (including phenoxy) is 1. The second-order valence-corrected chi connectivity index (χ2v) is 3.04. The molecule has 0 saturated heterocycles. The van der Waals surface area contributed by atoms with Gasteiger partial charge in [0.05, 0.1) is 12.0 Å². The number of aldehydes is 1. The summed E-state index contributed by atoms with van der Waals surface area (Å²) in [5.74, 6) is -2.95. The molecule has 0 aliphatic carbocycles. The molecule has 0 saturated carbocycles. The van der Waals surface area contributed by atoms with Crippen LogP contribution in [-0.4, -0.2) is 24.0 Å². The van der Waals surface area contributed by atoms with Gasteiger partial charge in [0.2, 0.25) is 0 Å². The molecule has 92 valence electrons. The third-order valence-electron chi connectivity index (χ3n) is 1.87. The van der Waals surface area contributed by atoms with Crippen molar-refractivity contribution in [1.82, 2.24) is 0 Å². The van der Waals surface area contributed by atoms with Crippen molar-refractivity contribution in [3.63, 3.8) is 0 Å². The first-order valence-electron chi connectivity index (χ1n) is 4.38. The molecular weight excluding hydrogens is 241 g/mol. The molecule has 1 rings (SSSR count). The highest BCUT2D eigenvalue weighted by atomic mass is 19.3. The number of carbonyl (C=O) groups excluding carboxylic acids is 1. The molecule has 0 aromatic heterocycles. The summed E-state index contributed by atoms with van der Waals surface area (Å²) in [7, 11) is 0. The van der Waals surface area contributed by atoms with Gasteiger partial charge in [-0.3, -0.25) is 9.59 Å². The molecule has 0 atom stereocenters. The van der Waals surface area contributed by atoms with E-state index in [4.69, 9.17) is 5.11 Å². The molecule has 0 aliphatic heterocycles. The first-order chi connectivity index (χ1) is 7.93. The molecule has 0 amide bonds. The third kappa shape index (κ3) is 3.47. The summed E-state index contributed by atoms with van der Waals surface area (Å²) in [6, 6.07) is 1.39. The van der Waals surface area contributed by atoms with Crippen molar-refractivity contribution in [2.24, 2.45) is 0 Å². The molecule has 17 heavy (non-hydrogen) atoms. The number of benzene rings is 1. The molecule has 0 bridgehead atoms. The van der Waals surface area contributed by atoms with Crippen LogP contribution in [0.25, 0.3) is 0 Å². The molecule has 0 radical (unpaired) electrons. The Balaban J connectivity index is 3.24. The molecule has 4 nitrogen and oxygen atoms in total. The van der Waals surface area contributed by atoms with E-state index in [9.17, 15) is 22.8 Å². The lowest BCUT2D eigenvalue weighted by atomic mass is 10.0. The molecule has 0 spiro atoms. The van der Waals surface area contributed by atoms with Gasteiger partial charge in [0, 0.05) is 6.07 Å². The molecule has 1 aromatic carbocycles. The zero-order valence-electron chi connectivity index (χ0n) is 8.32. The van der Waals surface area contributed by atoms with Crippen molar-refractivity contribution in [2.45, 2.75) is 13.0 Å². The van der Waals surface area contributed by atoms with Crippen LogP contribution in [0.4, 0.5) is 13.2 Å². The molecular formula is C10H7F3O4. The lowest BCUT2D eigenvalue weighted by molar-refractivity contribution is -0.136. The van der Waals surface area contributed by atoms with E-state index < -0.39 is 36.1 Å². The predicted octanol–water partition coefficient (Wildman–Crippen LogP) is 1.87. The molecule has 0 heterocycles. The van der Waals surface area contributed by atoms with Crippen LogP contribution in [0.15, 0.2) is 12.1 Å². The molecule has 1 N–H and O–H groups in total. The smallest absolute Gasteiger partial charge is 0.387 e. The number of carboxylic acids is 1. The zero-order valence-corrected chi connectivity index (χ0v) is 8.32. The molecule has 7 heteroatoms. The van der Waals surface area contributed by atoms with Crippen LogP contribution < -0.4 is 4.74 Å². The SMILES string of the molecule is O=Cc1c(CC(=O)O)cc(F)cc1OC(F)F. The Morgan fingerprint density at radius 3 is 2.59 bits per heavy atom. The lowest BCUT2D eigenvalue weighted by Crippen LogP contribution is -2.09. The Bertz CT molecular complexity index is 445. The maximum atomic E-state index is 13.0. The van der Waals surface area contributed by atoms with E-state index in [0.29, 0.717) is 6.07 Å². The minimum Gasteiger partial charge on any atom is -0.481 e. The number of aliphatic carboxylic acids is 1. The van der Waals surface area contributed by atoms with Crippen LogP contribution in [0, 0.1) is 5.82 Å². The summed E-state index contributed by atoms with van der Waals surface area (Å²) in [5, 5.41) is 8.52. The number of alkyl halides is 2. The number of carbonyl (C=O) groups is 2. The minimum absolute atomic E-state index is 0.148. The van der Waals surface area contributed by atoms with Crippen LogP contribution in [0.2, 0.25) is 0 Å². The third-order valence-corrected chi connectivity index (χ3v) is 1.87. The Labute approximate surface area is 93.6 Å². The topological polar surface area (TPSA) is 63.6 Å². The summed E-state index contributed by atoms with van der Waals surface area (Å²) in [5.41, 5.74) is -0.614. The van der Waals surface area contributed by atoms with Crippen molar-refractivity contribution in [2.75, 3.05) is 0 Å². The van der Waals surface area contributed by atoms with E-state index in [1.165, 1.54) is 0 Å². The van der Waals surface area contributed by atoms with Crippen LogP contribution in [-0.2, 0) is 11.2 Å². The van der Waals surface area contributed by atoms with Crippen LogP contribution in [0.5, 0.6) is 5.75 Å². The van der Waals surface area contributed by atoms with E-state index in [1.807, 2.05) is 0 Å². The van der Waals surface area contributed by atoms with E-state index in [2.05, 4.69) is 4.74 Å². The maximum absolute atomic E-state index is 13.0. The van der Waals surface area contributed by atoms with Gasteiger partial charge in [0.25, 0.3) is 0 Å². The second kappa shape index (κ2) is 5.33. The van der Waals surface area contributed by atoms with Gasteiger partial charge >= 0.3 is 12.6 Å². The maximum Gasteiger partial charge on any atom is 0.387 e. The predicted molar refractivity (Wildman–Crippen MR) is 49.8 cm³/mol. The van der Waals surface area contributed by atoms with Crippen molar-refractivity contribution in [1.29, 1.82) is 0 Å². The monoisotopic (exact) mass is 248 g/mol. The number of carboxylic acid groups (broad SMARTS) is 1. The molecule has 0 unspecified atom stereocenters. The van der Waals surface area contributed by atoms with Crippen LogP contribution >= 0.6 is 0 Å². The Hall–Kier alpha value is -2.05. The largest absolute Gasteiger partial charge is 0.481 e. The van der Waals surface area contributed by atoms with Gasteiger partial charge in [0.1, 0.15) is 11.6 Å². The van der Waals surface area contributed by atoms with E-state index >= 15 is 0 Å². The number of hydrogen-bond acceptors (Lipinski definition) is 3. The van der Waals surface area contributed by atoms with Crippen molar-refractivity contribution in [3.8, 4) is 5.75 Å². The highest BCUT2D eigenvalue weighted by molar-refractivity contribution is 5.84. The molecule has 0 fully saturated rings. The summed E-state index contributed by atoms with van der Waals surface area (Å²) >= 11 is 0. The van der Waals surface area contributed by atoms with E-state index in [1.54, 1.807) is 0 Å². The Morgan fingerprint density at radius 2 is 2.12 bits per heavy atom. The molecule has 0 aliphatic rings. The lowest BCUT2D eigenvalue weighted by Gasteiger charge is -2.10. The van der Waals surface area contributed by atoms with Gasteiger partial charge in [0.15, 0.2) is 6.29 Å². The highest BCUT2D eigenvalue weighted by Crippen LogP contribution is 2.25. The highest BCUT2D eigenvalue weighted by Gasteiger charge is 2.17.